The highest BCUT2D eigenvalue weighted by Gasteiger charge is 1.79. The van der Waals surface area contributed by atoms with Crippen LogP contribution < -0.4 is 10.9 Å². The van der Waals surface area contributed by atoms with Gasteiger partial charge >= 0.3 is 0 Å². The highest BCUT2D eigenvalue weighted by molar-refractivity contribution is 6.18. The van der Waals surface area contributed by atoms with Gasteiger partial charge in [-0.25, -0.2) is 0 Å². The molecule has 4 heteroatoms. The van der Waals surface area contributed by atoms with Gasteiger partial charge in [-0.3, -0.25) is 10.9 Å². The average molecular weight is 157 g/mol. The molecule has 0 aromatic carbocycles. The molecular weight excluding hydrogens is 147 g/mol. The standard InChI is InChI=1S/C4H10Cl2N2/c5-1-3-7-8-4-2-6/h7-8H,1-4H2. The van der Waals surface area contributed by atoms with Crippen LogP contribution in [0.5, 0.6) is 0 Å². The van der Waals surface area contributed by atoms with Crippen molar-refractivity contribution in [3.8, 4) is 0 Å². The molecule has 0 amide bonds. The van der Waals surface area contributed by atoms with Crippen molar-refractivity contribution >= 4 is 23.2 Å². The predicted molar refractivity (Wildman–Crippen MR) is 37.4 cm³/mol. The van der Waals surface area contributed by atoms with Crippen molar-refractivity contribution < 1.29 is 0 Å². The second-order valence-corrected chi connectivity index (χ2v) is 1.99. The van der Waals surface area contributed by atoms with Crippen molar-refractivity contribution in [2.45, 2.75) is 0 Å². The molecule has 0 fully saturated rings. The quantitative estimate of drug-likeness (QED) is 0.346. The van der Waals surface area contributed by atoms with Crippen molar-refractivity contribution in [2.75, 3.05) is 24.8 Å². The summed E-state index contributed by atoms with van der Waals surface area (Å²) in [5.41, 5.74) is 5.74. The van der Waals surface area contributed by atoms with Crippen LogP contribution in [-0.4, -0.2) is 24.8 Å². The van der Waals surface area contributed by atoms with Gasteiger partial charge in [-0.15, -0.1) is 23.2 Å². The first-order chi connectivity index (χ1) is 3.91. The third-order valence-corrected chi connectivity index (χ3v) is 0.942. The van der Waals surface area contributed by atoms with E-state index in [1.165, 1.54) is 0 Å². The van der Waals surface area contributed by atoms with E-state index in [0.717, 1.165) is 13.1 Å². The van der Waals surface area contributed by atoms with Crippen LogP contribution in [-0.2, 0) is 0 Å². The van der Waals surface area contributed by atoms with E-state index >= 15 is 0 Å². The third kappa shape index (κ3) is 6.50. The lowest BCUT2D eigenvalue weighted by atomic mass is 10.7. The van der Waals surface area contributed by atoms with Crippen LogP contribution in [0.1, 0.15) is 0 Å². The summed E-state index contributed by atoms with van der Waals surface area (Å²) in [6.07, 6.45) is 0. The van der Waals surface area contributed by atoms with Crippen molar-refractivity contribution in [3.63, 3.8) is 0 Å². The Morgan fingerprint density at radius 3 is 1.50 bits per heavy atom. The minimum Gasteiger partial charge on any atom is -0.257 e. The molecule has 0 saturated carbocycles. The monoisotopic (exact) mass is 156 g/mol. The van der Waals surface area contributed by atoms with E-state index in [9.17, 15) is 0 Å². The molecule has 8 heavy (non-hydrogen) atoms. The zero-order valence-electron chi connectivity index (χ0n) is 4.58. The Hall–Kier alpha value is 0.500. The summed E-state index contributed by atoms with van der Waals surface area (Å²) in [6.45, 7) is 1.55. The van der Waals surface area contributed by atoms with Crippen LogP contribution in [0.4, 0.5) is 0 Å². The molecule has 0 aromatic rings. The van der Waals surface area contributed by atoms with E-state index in [4.69, 9.17) is 23.2 Å². The Balaban J connectivity index is 2.53. The van der Waals surface area contributed by atoms with Crippen molar-refractivity contribution in [1.82, 2.24) is 10.9 Å². The molecular formula is C4H10Cl2N2. The number of nitrogens with one attached hydrogen (secondary N) is 2. The average Bonchev–Trinajstić information content (AvgIpc) is 1.81. The van der Waals surface area contributed by atoms with Gasteiger partial charge in [0.25, 0.3) is 0 Å². The van der Waals surface area contributed by atoms with Gasteiger partial charge in [0.2, 0.25) is 0 Å². The number of alkyl halides is 2. The fraction of sp³-hybridized carbons (Fsp3) is 1.00. The molecule has 0 radical (unpaired) electrons. The normalized spacial score (nSPS) is 9.75. The third-order valence-electron chi connectivity index (χ3n) is 0.564. The van der Waals surface area contributed by atoms with E-state index in [1.807, 2.05) is 0 Å². The maximum absolute atomic E-state index is 5.34. The Bertz CT molecular complexity index is 37.0. The van der Waals surface area contributed by atoms with E-state index in [0.29, 0.717) is 11.8 Å². The van der Waals surface area contributed by atoms with Crippen LogP contribution in [0, 0.1) is 0 Å². The zero-order chi connectivity index (χ0) is 6.24. The number of hydrogen-bond donors (Lipinski definition) is 2. The molecule has 0 bridgehead atoms. The van der Waals surface area contributed by atoms with Crippen LogP contribution in [0.15, 0.2) is 0 Å². The van der Waals surface area contributed by atoms with Crippen LogP contribution in [0.3, 0.4) is 0 Å². The first-order valence-electron chi connectivity index (χ1n) is 2.49. The van der Waals surface area contributed by atoms with E-state index in [2.05, 4.69) is 10.9 Å². The summed E-state index contributed by atoms with van der Waals surface area (Å²) in [6, 6.07) is 0. The fourth-order valence-electron chi connectivity index (χ4n) is 0.271. The molecule has 0 aromatic heterocycles. The summed E-state index contributed by atoms with van der Waals surface area (Å²) in [4.78, 5) is 0. The molecule has 0 unspecified atom stereocenters. The van der Waals surface area contributed by atoms with E-state index in [-0.39, 0.29) is 0 Å². The van der Waals surface area contributed by atoms with Crippen LogP contribution >= 0.6 is 23.2 Å². The van der Waals surface area contributed by atoms with Gasteiger partial charge < -0.3 is 0 Å². The molecule has 2 nitrogen and oxygen atoms in total. The lowest BCUT2D eigenvalue weighted by Gasteiger charge is -2.00. The molecule has 0 aliphatic carbocycles. The molecule has 50 valence electrons. The summed E-state index contributed by atoms with van der Waals surface area (Å²) in [5, 5.41) is 0. The van der Waals surface area contributed by atoms with Gasteiger partial charge in [0.05, 0.1) is 0 Å². The number of halogens is 2. The van der Waals surface area contributed by atoms with Gasteiger partial charge in [0, 0.05) is 24.8 Å². The maximum Gasteiger partial charge on any atom is 0.0362 e. The molecule has 0 heterocycles. The van der Waals surface area contributed by atoms with Gasteiger partial charge in [0.1, 0.15) is 0 Å². The molecule has 0 atom stereocenters. The highest BCUT2D eigenvalue weighted by atomic mass is 35.5. The van der Waals surface area contributed by atoms with Gasteiger partial charge in [-0.05, 0) is 0 Å². The summed E-state index contributed by atoms with van der Waals surface area (Å²) >= 11 is 10.7. The lowest BCUT2D eigenvalue weighted by Crippen LogP contribution is -2.34. The summed E-state index contributed by atoms with van der Waals surface area (Å²) in [5.74, 6) is 1.24. The Kier molecular flexibility index (Phi) is 7.97. The highest BCUT2D eigenvalue weighted by Crippen LogP contribution is 1.68. The smallest absolute Gasteiger partial charge is 0.0362 e. The fourth-order valence-corrected chi connectivity index (χ4v) is 0.460. The predicted octanol–water partition coefficient (Wildman–Crippen LogP) is 0.558. The van der Waals surface area contributed by atoms with Crippen molar-refractivity contribution in [1.29, 1.82) is 0 Å². The first-order valence-corrected chi connectivity index (χ1v) is 3.56. The topological polar surface area (TPSA) is 24.1 Å². The van der Waals surface area contributed by atoms with E-state index in [1.54, 1.807) is 0 Å². The minimum absolute atomic E-state index is 0.620. The molecule has 0 saturated heterocycles. The van der Waals surface area contributed by atoms with E-state index < -0.39 is 0 Å². The van der Waals surface area contributed by atoms with Crippen molar-refractivity contribution in [3.05, 3.63) is 0 Å². The zero-order valence-corrected chi connectivity index (χ0v) is 6.10. The van der Waals surface area contributed by atoms with Gasteiger partial charge in [0.15, 0.2) is 0 Å². The Labute approximate surface area is 59.5 Å². The molecule has 0 aliphatic rings. The molecule has 0 aliphatic heterocycles. The summed E-state index contributed by atoms with van der Waals surface area (Å²) < 4.78 is 0. The molecule has 0 spiro atoms. The van der Waals surface area contributed by atoms with Gasteiger partial charge in [-0.2, -0.15) is 0 Å². The molecule has 2 N–H and O–H groups in total. The second kappa shape index (κ2) is 7.50. The Morgan fingerprint density at radius 1 is 0.875 bits per heavy atom. The maximum atomic E-state index is 5.34. The number of rotatable bonds is 5. The van der Waals surface area contributed by atoms with Crippen LogP contribution in [0.25, 0.3) is 0 Å². The first kappa shape index (κ1) is 8.50. The Morgan fingerprint density at radius 2 is 1.25 bits per heavy atom. The minimum atomic E-state index is 0.620. The molecule has 0 rings (SSSR count). The number of hydrazine groups is 1. The second-order valence-electron chi connectivity index (χ2n) is 1.23. The number of hydrogen-bond acceptors (Lipinski definition) is 2. The van der Waals surface area contributed by atoms with Gasteiger partial charge in [-0.1, -0.05) is 0 Å². The SMILES string of the molecule is ClCCNNCCCl. The van der Waals surface area contributed by atoms with Crippen molar-refractivity contribution in [2.24, 2.45) is 0 Å². The largest absolute Gasteiger partial charge is 0.257 e. The van der Waals surface area contributed by atoms with Crippen LogP contribution in [0.2, 0.25) is 0 Å². The summed E-state index contributed by atoms with van der Waals surface area (Å²) in [7, 11) is 0. The lowest BCUT2D eigenvalue weighted by molar-refractivity contribution is 0.576.